The fourth-order valence-corrected chi connectivity index (χ4v) is 5.20. The molecule has 2 aromatic carbocycles. The number of hydrogen-bond acceptors (Lipinski definition) is 3. The molecule has 0 heterocycles. The molecule has 4 rings (SSSR count). The largest absolute Gasteiger partial charge is 0.497 e. The molecule has 2 saturated carbocycles. The van der Waals surface area contributed by atoms with E-state index in [0.717, 1.165) is 36.2 Å². The van der Waals surface area contributed by atoms with Crippen molar-refractivity contribution in [2.75, 3.05) is 7.11 Å². The Morgan fingerprint density at radius 3 is 2.34 bits per heavy atom. The van der Waals surface area contributed by atoms with Crippen molar-refractivity contribution in [2.24, 2.45) is 17.8 Å². The van der Waals surface area contributed by atoms with Gasteiger partial charge < -0.3 is 9.47 Å². The number of rotatable bonds is 4. The highest BCUT2D eigenvalue weighted by atomic mass is 19.1. The zero-order chi connectivity index (χ0) is 20.4. The van der Waals surface area contributed by atoms with Gasteiger partial charge in [-0.3, -0.25) is 0 Å². The Balaban J connectivity index is 1.43. The Kier molecular flexibility index (Phi) is 5.89. The summed E-state index contributed by atoms with van der Waals surface area (Å²) in [5.41, 5.74) is 0.991. The molecule has 2 aromatic rings. The average Bonchev–Trinajstić information content (AvgIpc) is 2.74. The minimum atomic E-state index is -0.550. The van der Waals surface area contributed by atoms with E-state index in [1.54, 1.807) is 43.5 Å². The molecule has 0 bridgehead atoms. The van der Waals surface area contributed by atoms with Crippen molar-refractivity contribution >= 4 is 5.97 Å². The van der Waals surface area contributed by atoms with Crippen LogP contribution in [0.2, 0.25) is 0 Å². The molecule has 3 nitrogen and oxygen atoms in total. The predicted molar refractivity (Wildman–Crippen MR) is 111 cm³/mol. The summed E-state index contributed by atoms with van der Waals surface area (Å²) < 4.78 is 25.3. The van der Waals surface area contributed by atoms with Gasteiger partial charge in [0.05, 0.1) is 12.7 Å². The lowest BCUT2D eigenvalue weighted by molar-refractivity contribution is 0.0734. The van der Waals surface area contributed by atoms with E-state index in [2.05, 4.69) is 6.92 Å². The normalized spacial score (nSPS) is 26.4. The molecule has 0 aliphatic heterocycles. The second kappa shape index (κ2) is 8.56. The summed E-state index contributed by atoms with van der Waals surface area (Å²) in [4.78, 5) is 12.4. The number of methoxy groups -OCH3 is 1. The number of ether oxygens (including phenoxy) is 2. The van der Waals surface area contributed by atoms with Gasteiger partial charge in [0, 0.05) is 0 Å². The van der Waals surface area contributed by atoms with Crippen LogP contribution in [0.4, 0.5) is 4.39 Å². The number of carbonyl (C=O) groups excluding carboxylic acids is 1. The van der Waals surface area contributed by atoms with Crippen LogP contribution in [0.15, 0.2) is 42.5 Å². The zero-order valence-electron chi connectivity index (χ0n) is 17.2. The van der Waals surface area contributed by atoms with Gasteiger partial charge in [0.2, 0.25) is 0 Å². The number of fused-ring (bicyclic) bond motifs is 1. The highest BCUT2D eigenvalue weighted by molar-refractivity contribution is 5.91. The summed E-state index contributed by atoms with van der Waals surface area (Å²) in [5.74, 6) is 2.89. The Morgan fingerprint density at radius 2 is 1.62 bits per heavy atom. The van der Waals surface area contributed by atoms with Crippen LogP contribution in [0.25, 0.3) is 0 Å². The summed E-state index contributed by atoms with van der Waals surface area (Å²) in [5, 5.41) is 0. The van der Waals surface area contributed by atoms with Crippen LogP contribution in [0, 0.1) is 23.6 Å². The van der Waals surface area contributed by atoms with Gasteiger partial charge in [-0.25, -0.2) is 9.18 Å². The Hall–Kier alpha value is -2.36. The quantitative estimate of drug-likeness (QED) is 0.445. The van der Waals surface area contributed by atoms with Crippen molar-refractivity contribution in [3.8, 4) is 11.5 Å². The lowest BCUT2D eigenvalue weighted by Gasteiger charge is -2.41. The average molecular weight is 397 g/mol. The van der Waals surface area contributed by atoms with Crippen molar-refractivity contribution < 1.29 is 18.7 Å². The maximum Gasteiger partial charge on any atom is 0.343 e. The molecule has 4 heteroatoms. The molecule has 154 valence electrons. The van der Waals surface area contributed by atoms with Crippen LogP contribution >= 0.6 is 0 Å². The molecule has 4 atom stereocenters. The van der Waals surface area contributed by atoms with Crippen molar-refractivity contribution in [1.82, 2.24) is 0 Å². The number of carbonyl (C=O) groups is 1. The smallest absolute Gasteiger partial charge is 0.343 e. The molecular formula is C25H29FO3. The molecule has 0 saturated heterocycles. The molecule has 2 aliphatic carbocycles. The molecular weight excluding hydrogens is 367 g/mol. The molecule has 0 amide bonds. The van der Waals surface area contributed by atoms with Gasteiger partial charge in [-0.15, -0.1) is 0 Å². The SMILES string of the molecule is COc1ccc(OC(=O)c2ccc(C3CCC4CC(C)CCC4C3)c(F)c2)cc1. The topological polar surface area (TPSA) is 35.5 Å². The van der Waals surface area contributed by atoms with E-state index < -0.39 is 5.97 Å². The Bertz CT molecular complexity index is 861. The van der Waals surface area contributed by atoms with Crippen molar-refractivity contribution in [1.29, 1.82) is 0 Å². The molecule has 2 aliphatic rings. The fraction of sp³-hybridized carbons (Fsp3) is 0.480. The highest BCUT2D eigenvalue weighted by Gasteiger charge is 2.35. The molecule has 0 N–H and O–H groups in total. The van der Waals surface area contributed by atoms with Crippen LogP contribution in [0.3, 0.4) is 0 Å². The summed E-state index contributed by atoms with van der Waals surface area (Å²) in [6, 6.07) is 11.6. The molecule has 0 aromatic heterocycles. The van der Waals surface area contributed by atoms with Gasteiger partial charge in [-0.1, -0.05) is 19.4 Å². The molecule has 29 heavy (non-hydrogen) atoms. The van der Waals surface area contributed by atoms with E-state index in [0.29, 0.717) is 11.5 Å². The maximum absolute atomic E-state index is 14.9. The van der Waals surface area contributed by atoms with Crippen molar-refractivity contribution in [3.05, 3.63) is 59.4 Å². The van der Waals surface area contributed by atoms with Gasteiger partial charge >= 0.3 is 5.97 Å². The third kappa shape index (κ3) is 4.47. The first-order valence-electron chi connectivity index (χ1n) is 10.7. The summed E-state index contributed by atoms with van der Waals surface area (Å²) >= 11 is 0. The lowest BCUT2D eigenvalue weighted by atomic mass is 9.64. The minimum absolute atomic E-state index is 0.238. The highest BCUT2D eigenvalue weighted by Crippen LogP contribution is 2.47. The fourth-order valence-electron chi connectivity index (χ4n) is 5.20. The van der Waals surface area contributed by atoms with Gasteiger partial charge in [0.15, 0.2) is 0 Å². The van der Waals surface area contributed by atoms with Crippen LogP contribution in [-0.4, -0.2) is 13.1 Å². The number of benzene rings is 2. The molecule has 0 spiro atoms. The van der Waals surface area contributed by atoms with Crippen LogP contribution < -0.4 is 9.47 Å². The first kappa shape index (κ1) is 19.9. The van der Waals surface area contributed by atoms with Gasteiger partial charge in [0.25, 0.3) is 0 Å². The third-order valence-electron chi connectivity index (χ3n) is 6.82. The number of halogens is 1. The van der Waals surface area contributed by atoms with Crippen molar-refractivity contribution in [3.63, 3.8) is 0 Å². The van der Waals surface area contributed by atoms with Crippen LogP contribution in [0.5, 0.6) is 11.5 Å². The van der Waals surface area contributed by atoms with E-state index in [1.807, 2.05) is 0 Å². The summed E-state index contributed by atoms with van der Waals surface area (Å²) in [6.45, 7) is 2.35. The van der Waals surface area contributed by atoms with Gasteiger partial charge in [0.1, 0.15) is 17.3 Å². The van der Waals surface area contributed by atoms with E-state index in [1.165, 1.54) is 31.7 Å². The zero-order valence-corrected chi connectivity index (χ0v) is 17.2. The first-order valence-corrected chi connectivity index (χ1v) is 10.7. The molecule has 2 fully saturated rings. The monoisotopic (exact) mass is 396 g/mol. The van der Waals surface area contributed by atoms with Crippen LogP contribution in [0.1, 0.15) is 67.3 Å². The number of hydrogen-bond donors (Lipinski definition) is 0. The summed E-state index contributed by atoms with van der Waals surface area (Å²) in [7, 11) is 1.58. The summed E-state index contributed by atoms with van der Waals surface area (Å²) in [6.07, 6.45) is 7.21. The van der Waals surface area contributed by atoms with E-state index in [4.69, 9.17) is 9.47 Å². The first-order chi connectivity index (χ1) is 14.0. The van der Waals surface area contributed by atoms with E-state index >= 15 is 0 Å². The van der Waals surface area contributed by atoms with Crippen LogP contribution in [-0.2, 0) is 0 Å². The second-order valence-corrected chi connectivity index (χ2v) is 8.75. The Morgan fingerprint density at radius 1 is 0.931 bits per heavy atom. The number of esters is 1. The molecule has 4 unspecified atom stereocenters. The van der Waals surface area contributed by atoms with Gasteiger partial charge in [-0.05, 0) is 97.7 Å². The molecule has 0 radical (unpaired) electrons. The van der Waals surface area contributed by atoms with Gasteiger partial charge in [-0.2, -0.15) is 0 Å². The van der Waals surface area contributed by atoms with E-state index in [-0.39, 0.29) is 17.3 Å². The lowest BCUT2D eigenvalue weighted by Crippen LogP contribution is -2.30. The van der Waals surface area contributed by atoms with Crippen molar-refractivity contribution in [2.45, 2.75) is 51.4 Å². The van der Waals surface area contributed by atoms with E-state index in [9.17, 15) is 9.18 Å². The standard InChI is InChI=1S/C25H29FO3/c1-16-3-4-18-14-19(6-5-17(18)13-16)23-12-7-20(15-24(23)26)25(27)29-22-10-8-21(28-2)9-11-22/h7-12,15-19H,3-6,13-14H2,1-2H3. The predicted octanol–water partition coefficient (Wildman–Crippen LogP) is 6.37. The minimum Gasteiger partial charge on any atom is -0.497 e. The Labute approximate surface area is 172 Å². The second-order valence-electron chi connectivity index (χ2n) is 8.75. The third-order valence-corrected chi connectivity index (χ3v) is 6.82. The maximum atomic E-state index is 14.9.